The van der Waals surface area contributed by atoms with E-state index in [0.717, 1.165) is 0 Å². The highest BCUT2D eigenvalue weighted by atomic mass is 32.1. The molecule has 6 heteroatoms. The number of thiol groups is 1. The summed E-state index contributed by atoms with van der Waals surface area (Å²) in [6.07, 6.45) is -3.05. The molecule has 0 aromatic heterocycles. The highest BCUT2D eigenvalue weighted by Gasteiger charge is 2.40. The Labute approximate surface area is 75.5 Å². The Morgan fingerprint density at radius 1 is 1.33 bits per heavy atom. The van der Waals surface area contributed by atoms with Gasteiger partial charge in [-0.1, -0.05) is 0 Å². The van der Waals surface area contributed by atoms with Crippen LogP contribution in [-0.4, -0.2) is 51.7 Å². The number of aliphatic hydroxyl groups excluding tert-OH is 3. The van der Waals surface area contributed by atoms with Crippen LogP contribution in [0, 0.1) is 0 Å². The first-order chi connectivity index (χ1) is 5.57. The Morgan fingerprint density at radius 3 is 2.42 bits per heavy atom. The molecule has 0 spiro atoms. The van der Waals surface area contributed by atoms with Crippen molar-refractivity contribution in [3.63, 3.8) is 0 Å². The lowest BCUT2D eigenvalue weighted by Crippen LogP contribution is -2.60. The number of hydrogen-bond acceptors (Lipinski definition) is 6. The predicted molar refractivity (Wildman–Crippen MR) is 44.7 cm³/mol. The fourth-order valence-corrected chi connectivity index (χ4v) is 1.45. The van der Waals surface area contributed by atoms with Crippen LogP contribution in [0.1, 0.15) is 0 Å². The van der Waals surface area contributed by atoms with Gasteiger partial charge in [-0.05, 0) is 0 Å². The molecule has 0 amide bonds. The number of aliphatic hydroxyl groups is 3. The highest BCUT2D eigenvalue weighted by Crippen LogP contribution is 2.21. The minimum Gasteiger partial charge on any atom is -0.394 e. The van der Waals surface area contributed by atoms with E-state index < -0.39 is 29.8 Å². The van der Waals surface area contributed by atoms with E-state index in [4.69, 9.17) is 15.6 Å². The van der Waals surface area contributed by atoms with Crippen molar-refractivity contribution in [1.29, 1.82) is 0 Å². The standard InChI is InChI=1S/C6H13NO4S/c7-3-5(10)4(9)2(1-8)11-6(3)12/h2-6,8-10,12H,1,7H2/t2?,3?,4-,5?,6-/m0/s1. The average molecular weight is 195 g/mol. The first-order valence-corrected chi connectivity index (χ1v) is 4.15. The fraction of sp³-hybridized carbons (Fsp3) is 1.00. The molecule has 1 heterocycles. The average Bonchev–Trinajstić information content (AvgIpc) is 2.08. The maximum atomic E-state index is 9.30. The number of nitrogens with two attached hydrogens (primary N) is 1. The summed E-state index contributed by atoms with van der Waals surface area (Å²) in [5.41, 5.74) is 4.78. The second-order valence-electron chi connectivity index (χ2n) is 2.81. The van der Waals surface area contributed by atoms with Gasteiger partial charge in [-0.3, -0.25) is 0 Å². The van der Waals surface area contributed by atoms with Crippen molar-refractivity contribution in [3.8, 4) is 0 Å². The van der Waals surface area contributed by atoms with E-state index >= 15 is 0 Å². The lowest BCUT2D eigenvalue weighted by atomic mass is 9.99. The summed E-state index contributed by atoms with van der Waals surface area (Å²) < 4.78 is 5.01. The molecule has 1 aliphatic rings. The molecule has 0 aromatic carbocycles. The van der Waals surface area contributed by atoms with Gasteiger partial charge in [-0.25, -0.2) is 0 Å². The zero-order chi connectivity index (χ0) is 9.30. The predicted octanol–water partition coefficient (Wildman–Crippen LogP) is -2.32. The van der Waals surface area contributed by atoms with E-state index in [9.17, 15) is 10.2 Å². The van der Waals surface area contributed by atoms with Crippen LogP contribution < -0.4 is 5.73 Å². The normalized spacial score (nSPS) is 49.2. The van der Waals surface area contributed by atoms with Crippen LogP contribution in [0.15, 0.2) is 0 Å². The van der Waals surface area contributed by atoms with Gasteiger partial charge in [0.2, 0.25) is 0 Å². The van der Waals surface area contributed by atoms with Crippen molar-refractivity contribution >= 4 is 12.6 Å². The molecular weight excluding hydrogens is 182 g/mol. The number of ether oxygens (including phenoxy) is 1. The first-order valence-electron chi connectivity index (χ1n) is 3.64. The molecule has 1 rings (SSSR count). The van der Waals surface area contributed by atoms with Crippen molar-refractivity contribution < 1.29 is 20.1 Å². The van der Waals surface area contributed by atoms with Gasteiger partial charge < -0.3 is 25.8 Å². The molecule has 0 bridgehead atoms. The summed E-state index contributed by atoms with van der Waals surface area (Å²) in [7, 11) is 0. The topological polar surface area (TPSA) is 95.9 Å². The van der Waals surface area contributed by atoms with Gasteiger partial charge in [0.25, 0.3) is 0 Å². The van der Waals surface area contributed by atoms with Crippen molar-refractivity contribution in [3.05, 3.63) is 0 Å². The van der Waals surface area contributed by atoms with E-state index in [1.54, 1.807) is 0 Å². The Balaban J connectivity index is 2.63. The molecule has 3 unspecified atom stereocenters. The van der Waals surface area contributed by atoms with Gasteiger partial charge in [0.15, 0.2) is 0 Å². The van der Waals surface area contributed by atoms with Crippen LogP contribution >= 0.6 is 12.6 Å². The van der Waals surface area contributed by atoms with Crippen LogP contribution in [0.5, 0.6) is 0 Å². The van der Waals surface area contributed by atoms with Crippen molar-refractivity contribution in [1.82, 2.24) is 0 Å². The maximum absolute atomic E-state index is 9.30. The Kier molecular flexibility index (Phi) is 3.33. The van der Waals surface area contributed by atoms with E-state index in [0.29, 0.717) is 0 Å². The third-order valence-corrected chi connectivity index (χ3v) is 2.41. The largest absolute Gasteiger partial charge is 0.394 e. The summed E-state index contributed by atoms with van der Waals surface area (Å²) in [6, 6.07) is -0.730. The SMILES string of the molecule is NC1C(O)[C@@H](O)C(CO)O[C@H]1S. The Bertz CT molecular complexity index is 154. The van der Waals surface area contributed by atoms with Gasteiger partial charge in [0.05, 0.1) is 12.6 Å². The van der Waals surface area contributed by atoms with Crippen LogP contribution in [-0.2, 0) is 4.74 Å². The third kappa shape index (κ3) is 1.73. The van der Waals surface area contributed by atoms with Gasteiger partial charge in [0.1, 0.15) is 23.7 Å². The van der Waals surface area contributed by atoms with Crippen LogP contribution in [0.4, 0.5) is 0 Å². The maximum Gasteiger partial charge on any atom is 0.118 e. The molecule has 0 aliphatic carbocycles. The fourth-order valence-electron chi connectivity index (χ4n) is 1.12. The van der Waals surface area contributed by atoms with Crippen LogP contribution in [0.25, 0.3) is 0 Å². The van der Waals surface area contributed by atoms with Gasteiger partial charge >= 0.3 is 0 Å². The molecule has 0 aromatic rings. The first kappa shape index (κ1) is 10.2. The Morgan fingerprint density at radius 2 is 1.92 bits per heavy atom. The summed E-state index contributed by atoms with van der Waals surface area (Å²) in [5, 5.41) is 27.3. The molecule has 5 atom stereocenters. The second kappa shape index (κ2) is 3.91. The zero-order valence-electron chi connectivity index (χ0n) is 6.37. The third-order valence-electron chi connectivity index (χ3n) is 1.95. The molecule has 72 valence electrons. The minimum atomic E-state index is -1.15. The van der Waals surface area contributed by atoms with Crippen LogP contribution in [0.3, 0.4) is 0 Å². The molecule has 1 fully saturated rings. The molecule has 5 N–H and O–H groups in total. The zero-order valence-corrected chi connectivity index (χ0v) is 7.26. The molecule has 0 radical (unpaired) electrons. The number of rotatable bonds is 1. The summed E-state index contributed by atoms with van der Waals surface area (Å²) in [5.74, 6) is 0. The number of hydrogen-bond donors (Lipinski definition) is 5. The van der Waals surface area contributed by atoms with Gasteiger partial charge in [0, 0.05) is 0 Å². The van der Waals surface area contributed by atoms with Crippen molar-refractivity contribution in [2.75, 3.05) is 6.61 Å². The molecule has 12 heavy (non-hydrogen) atoms. The smallest absolute Gasteiger partial charge is 0.118 e. The van der Waals surface area contributed by atoms with Gasteiger partial charge in [-0.15, -0.1) is 12.6 Å². The van der Waals surface area contributed by atoms with Crippen molar-refractivity contribution in [2.24, 2.45) is 5.73 Å². The van der Waals surface area contributed by atoms with Crippen molar-refractivity contribution in [2.45, 2.75) is 29.8 Å². The summed E-state index contributed by atoms with van der Waals surface area (Å²) in [4.78, 5) is 0. The quantitative estimate of drug-likeness (QED) is 0.303. The molecular formula is C6H13NO4S. The van der Waals surface area contributed by atoms with E-state index in [2.05, 4.69) is 12.6 Å². The lowest BCUT2D eigenvalue weighted by molar-refractivity contribution is -0.165. The second-order valence-corrected chi connectivity index (χ2v) is 3.32. The molecule has 5 nitrogen and oxygen atoms in total. The van der Waals surface area contributed by atoms with Crippen LogP contribution in [0.2, 0.25) is 0 Å². The van der Waals surface area contributed by atoms with E-state index in [1.165, 1.54) is 0 Å². The lowest BCUT2D eigenvalue weighted by Gasteiger charge is -2.38. The van der Waals surface area contributed by atoms with E-state index in [1.807, 2.05) is 0 Å². The van der Waals surface area contributed by atoms with Gasteiger partial charge in [-0.2, -0.15) is 0 Å². The monoisotopic (exact) mass is 195 g/mol. The summed E-state index contributed by atoms with van der Waals surface area (Å²) in [6.45, 7) is -0.359. The molecule has 1 aliphatic heterocycles. The Hall–Kier alpha value is 0.150. The summed E-state index contributed by atoms with van der Waals surface area (Å²) >= 11 is 3.94. The molecule has 0 saturated carbocycles. The minimum absolute atomic E-state index is 0.359. The highest BCUT2D eigenvalue weighted by molar-refractivity contribution is 7.80. The van der Waals surface area contributed by atoms with E-state index in [-0.39, 0.29) is 6.61 Å². The molecule has 1 saturated heterocycles.